The number of hydrogen-bond acceptors (Lipinski definition) is 3. The van der Waals surface area contributed by atoms with Crippen molar-refractivity contribution in [3.8, 4) is 0 Å². The average Bonchev–Trinajstić information content (AvgIpc) is 2.24. The maximum absolute atomic E-state index is 12.0. The van der Waals surface area contributed by atoms with E-state index in [1.807, 2.05) is 0 Å². The Labute approximate surface area is 103 Å². The monoisotopic (exact) mass is 272 g/mol. The van der Waals surface area contributed by atoms with Gasteiger partial charge < -0.3 is 4.74 Å². The highest BCUT2D eigenvalue weighted by atomic mass is 35.5. The Hall–Kier alpha value is 0.120. The fourth-order valence-corrected chi connectivity index (χ4v) is 2.63. The van der Waals surface area contributed by atoms with Crippen LogP contribution < -0.4 is 0 Å². The molecule has 16 heavy (non-hydrogen) atoms. The standard InChI is InChI=1S/C9H21ClN2O3S/c1-9(8-15-4)12(3)16(13,14)11(2)7-5-6-10/h9H,5-8H2,1-4H3. The molecule has 0 aromatic rings. The van der Waals surface area contributed by atoms with Crippen LogP contribution in [0.4, 0.5) is 0 Å². The number of hydrogen-bond donors (Lipinski definition) is 0. The van der Waals surface area contributed by atoms with Crippen molar-refractivity contribution in [3.63, 3.8) is 0 Å². The Morgan fingerprint density at radius 3 is 2.38 bits per heavy atom. The van der Waals surface area contributed by atoms with Crippen molar-refractivity contribution in [2.75, 3.05) is 40.2 Å². The van der Waals surface area contributed by atoms with E-state index in [9.17, 15) is 8.42 Å². The highest BCUT2D eigenvalue weighted by Crippen LogP contribution is 2.09. The summed E-state index contributed by atoms with van der Waals surface area (Å²) >= 11 is 5.53. The number of alkyl halides is 1. The lowest BCUT2D eigenvalue weighted by Crippen LogP contribution is -2.45. The predicted molar refractivity (Wildman–Crippen MR) is 66.0 cm³/mol. The van der Waals surface area contributed by atoms with Crippen molar-refractivity contribution in [1.29, 1.82) is 0 Å². The van der Waals surface area contributed by atoms with Crippen LogP contribution >= 0.6 is 11.6 Å². The minimum atomic E-state index is -3.40. The fraction of sp³-hybridized carbons (Fsp3) is 1.00. The molecule has 0 saturated heterocycles. The van der Waals surface area contributed by atoms with Crippen LogP contribution in [0.25, 0.3) is 0 Å². The van der Waals surface area contributed by atoms with Crippen LogP contribution in [-0.2, 0) is 14.9 Å². The molecule has 0 spiro atoms. The first kappa shape index (κ1) is 16.1. The third-order valence-corrected chi connectivity index (χ3v) is 4.72. The Balaban J connectivity index is 4.51. The van der Waals surface area contributed by atoms with E-state index in [1.165, 1.54) is 8.61 Å². The van der Waals surface area contributed by atoms with Gasteiger partial charge in [0.1, 0.15) is 0 Å². The van der Waals surface area contributed by atoms with Crippen LogP contribution in [-0.4, -0.2) is 63.3 Å². The molecule has 0 rings (SSSR count). The first-order valence-electron chi connectivity index (χ1n) is 5.12. The molecule has 0 radical (unpaired) electrons. The second kappa shape index (κ2) is 7.45. The van der Waals surface area contributed by atoms with Crippen LogP contribution in [0, 0.1) is 0 Å². The predicted octanol–water partition coefficient (Wildman–Crippen LogP) is 0.759. The molecule has 0 aliphatic heterocycles. The summed E-state index contributed by atoms with van der Waals surface area (Å²) in [6.07, 6.45) is 0.643. The third kappa shape index (κ3) is 4.55. The molecule has 0 aromatic heterocycles. The summed E-state index contributed by atoms with van der Waals surface area (Å²) in [6.45, 7) is 2.60. The summed E-state index contributed by atoms with van der Waals surface area (Å²) < 4.78 is 31.6. The average molecular weight is 273 g/mol. The molecule has 1 unspecified atom stereocenters. The molecule has 7 heteroatoms. The van der Waals surface area contributed by atoms with Crippen LogP contribution in [0.15, 0.2) is 0 Å². The third-order valence-electron chi connectivity index (χ3n) is 2.39. The van der Waals surface area contributed by atoms with E-state index >= 15 is 0 Å². The van der Waals surface area contributed by atoms with E-state index in [0.717, 1.165) is 0 Å². The molecule has 0 saturated carbocycles. The van der Waals surface area contributed by atoms with E-state index in [1.54, 1.807) is 28.1 Å². The molecule has 0 N–H and O–H groups in total. The lowest BCUT2D eigenvalue weighted by molar-refractivity contribution is 0.146. The van der Waals surface area contributed by atoms with Gasteiger partial charge in [-0.2, -0.15) is 17.0 Å². The van der Waals surface area contributed by atoms with Gasteiger partial charge in [0.2, 0.25) is 0 Å². The maximum atomic E-state index is 12.0. The van der Waals surface area contributed by atoms with Crippen molar-refractivity contribution >= 4 is 21.8 Å². The number of nitrogens with zero attached hydrogens (tertiary/aromatic N) is 2. The van der Waals surface area contributed by atoms with Gasteiger partial charge in [-0.25, -0.2) is 0 Å². The van der Waals surface area contributed by atoms with Gasteiger partial charge in [-0.15, -0.1) is 11.6 Å². The van der Waals surface area contributed by atoms with Crippen molar-refractivity contribution in [2.45, 2.75) is 19.4 Å². The molecular formula is C9H21ClN2O3S. The Morgan fingerprint density at radius 2 is 1.94 bits per heavy atom. The highest BCUT2D eigenvalue weighted by Gasteiger charge is 2.26. The molecule has 0 aliphatic carbocycles. The summed E-state index contributed by atoms with van der Waals surface area (Å²) in [4.78, 5) is 0. The Kier molecular flexibility index (Phi) is 7.50. The molecule has 0 amide bonds. The normalized spacial score (nSPS) is 14.7. The van der Waals surface area contributed by atoms with Crippen molar-refractivity contribution in [3.05, 3.63) is 0 Å². The number of ether oxygens (including phenoxy) is 1. The van der Waals surface area contributed by atoms with Gasteiger partial charge in [0.25, 0.3) is 10.2 Å². The maximum Gasteiger partial charge on any atom is 0.281 e. The van der Waals surface area contributed by atoms with E-state index in [2.05, 4.69) is 0 Å². The van der Waals surface area contributed by atoms with Gasteiger partial charge in [-0.05, 0) is 13.3 Å². The highest BCUT2D eigenvalue weighted by molar-refractivity contribution is 7.86. The summed E-state index contributed by atoms with van der Waals surface area (Å²) in [5, 5.41) is 0. The Morgan fingerprint density at radius 1 is 1.38 bits per heavy atom. The second-order valence-electron chi connectivity index (χ2n) is 3.69. The lowest BCUT2D eigenvalue weighted by Gasteiger charge is -2.28. The summed E-state index contributed by atoms with van der Waals surface area (Å²) in [6, 6.07) is -0.187. The van der Waals surface area contributed by atoms with Crippen molar-refractivity contribution < 1.29 is 13.2 Å². The number of methoxy groups -OCH3 is 1. The van der Waals surface area contributed by atoms with E-state index < -0.39 is 10.2 Å². The molecule has 98 valence electrons. The van der Waals surface area contributed by atoms with Crippen LogP contribution in [0.3, 0.4) is 0 Å². The fourth-order valence-electron chi connectivity index (χ4n) is 1.19. The van der Waals surface area contributed by atoms with Gasteiger partial charge in [0, 0.05) is 39.7 Å². The lowest BCUT2D eigenvalue weighted by atomic mass is 10.4. The molecule has 0 fully saturated rings. The zero-order valence-corrected chi connectivity index (χ0v) is 11.9. The molecule has 0 bridgehead atoms. The molecular weight excluding hydrogens is 252 g/mol. The largest absolute Gasteiger partial charge is 0.383 e. The van der Waals surface area contributed by atoms with Crippen LogP contribution in [0.5, 0.6) is 0 Å². The van der Waals surface area contributed by atoms with Gasteiger partial charge in [0.05, 0.1) is 6.61 Å². The summed E-state index contributed by atoms with van der Waals surface area (Å²) in [5.74, 6) is 0.456. The topological polar surface area (TPSA) is 49.9 Å². The number of halogens is 1. The van der Waals surface area contributed by atoms with Crippen LogP contribution in [0.2, 0.25) is 0 Å². The second-order valence-corrected chi connectivity index (χ2v) is 6.17. The van der Waals surface area contributed by atoms with Gasteiger partial charge in [-0.1, -0.05) is 0 Å². The molecule has 1 atom stereocenters. The van der Waals surface area contributed by atoms with E-state index in [-0.39, 0.29) is 6.04 Å². The smallest absolute Gasteiger partial charge is 0.281 e. The molecule has 0 heterocycles. The molecule has 0 aromatic carbocycles. The molecule has 5 nitrogen and oxygen atoms in total. The van der Waals surface area contributed by atoms with Crippen molar-refractivity contribution in [2.24, 2.45) is 0 Å². The SMILES string of the molecule is COCC(C)N(C)S(=O)(=O)N(C)CCCCl. The minimum Gasteiger partial charge on any atom is -0.383 e. The Bertz CT molecular complexity index is 284. The first-order chi connectivity index (χ1) is 7.37. The zero-order valence-electron chi connectivity index (χ0n) is 10.3. The van der Waals surface area contributed by atoms with Gasteiger partial charge in [-0.3, -0.25) is 0 Å². The quantitative estimate of drug-likeness (QED) is 0.613. The number of rotatable bonds is 8. The van der Waals surface area contributed by atoms with Gasteiger partial charge >= 0.3 is 0 Å². The van der Waals surface area contributed by atoms with Crippen molar-refractivity contribution in [1.82, 2.24) is 8.61 Å². The van der Waals surface area contributed by atoms with E-state index in [4.69, 9.17) is 16.3 Å². The summed E-state index contributed by atoms with van der Waals surface area (Å²) in [5.41, 5.74) is 0. The minimum absolute atomic E-state index is 0.187. The van der Waals surface area contributed by atoms with Crippen LogP contribution in [0.1, 0.15) is 13.3 Å². The number of likely N-dealkylation sites (N-methyl/N-ethyl adjacent to an activating group) is 1. The molecule has 0 aliphatic rings. The van der Waals surface area contributed by atoms with E-state index in [0.29, 0.717) is 25.5 Å². The zero-order chi connectivity index (χ0) is 12.8. The summed E-state index contributed by atoms with van der Waals surface area (Å²) in [7, 11) is 1.25. The van der Waals surface area contributed by atoms with Gasteiger partial charge in [0.15, 0.2) is 0 Å². The first-order valence-corrected chi connectivity index (χ1v) is 7.05.